The van der Waals surface area contributed by atoms with Gasteiger partial charge < -0.3 is 51.3 Å². The van der Waals surface area contributed by atoms with Crippen LogP contribution in [0.15, 0.2) is 72.8 Å². The predicted molar refractivity (Wildman–Crippen MR) is 143 cm³/mol. The normalized spacial score (nSPS) is 9.94. The van der Waals surface area contributed by atoms with Crippen molar-refractivity contribution in [2.75, 3.05) is 45.9 Å². The molecule has 0 spiro atoms. The van der Waals surface area contributed by atoms with Gasteiger partial charge in [0.1, 0.15) is 0 Å². The molecule has 0 bridgehead atoms. The van der Waals surface area contributed by atoms with Crippen LogP contribution < -0.4 is 45.9 Å². The van der Waals surface area contributed by atoms with Gasteiger partial charge in [0, 0.05) is 0 Å². The van der Waals surface area contributed by atoms with E-state index < -0.39 is 0 Å². The van der Waals surface area contributed by atoms with Gasteiger partial charge >= 0.3 is 0 Å². The average Bonchev–Trinajstić information content (AvgIpc) is 2.76. The molecule has 4 aromatic carbocycles. The summed E-state index contributed by atoms with van der Waals surface area (Å²) in [7, 11) is 0. The fraction of sp³-hybridized carbons (Fsp3) is 0. The first-order valence-electron chi connectivity index (χ1n) is 9.76. The fourth-order valence-corrected chi connectivity index (χ4v) is 3.02. The zero-order valence-corrected chi connectivity index (χ0v) is 18.0. The third-order valence-electron chi connectivity index (χ3n) is 5.01. The van der Waals surface area contributed by atoms with Gasteiger partial charge in [-0.3, -0.25) is 0 Å². The molecule has 0 radical (unpaired) electrons. The third kappa shape index (κ3) is 5.69. The van der Waals surface area contributed by atoms with Crippen molar-refractivity contribution >= 4 is 45.5 Å². The van der Waals surface area contributed by atoms with Crippen LogP contribution in [-0.4, -0.2) is 5.48 Å². The Hall–Kier alpha value is -4.76. The SMILES string of the molecule is Nc1ccc(-c2ccc(N)c(N)c2)cc1N.Nc1ccc(-c2ccc(N)c(N)c2)cc1N.O. The van der Waals surface area contributed by atoms with Gasteiger partial charge in [-0.2, -0.15) is 0 Å². The zero-order chi connectivity index (χ0) is 23.4. The number of nitrogen functional groups attached to an aromatic ring is 8. The lowest BCUT2D eigenvalue weighted by Gasteiger charge is -2.07. The van der Waals surface area contributed by atoms with Crippen molar-refractivity contribution in [2.24, 2.45) is 0 Å². The topological polar surface area (TPSA) is 240 Å². The number of anilines is 8. The molecule has 0 saturated carbocycles. The van der Waals surface area contributed by atoms with Gasteiger partial charge in [-0.05, 0) is 70.8 Å². The average molecular weight is 447 g/mol. The standard InChI is InChI=1S/2C12H14N4.H2O/c2*13-9-3-1-7(5-11(9)15)8-2-4-10(14)12(16)6-8;/h2*1-6H,13-16H2;1H2. The first-order valence-corrected chi connectivity index (χ1v) is 9.76. The van der Waals surface area contributed by atoms with Crippen molar-refractivity contribution in [3.8, 4) is 22.3 Å². The van der Waals surface area contributed by atoms with Crippen molar-refractivity contribution in [1.29, 1.82) is 0 Å². The minimum Gasteiger partial charge on any atom is -0.412 e. The Morgan fingerprint density at radius 3 is 0.606 bits per heavy atom. The molecule has 0 amide bonds. The second kappa shape index (κ2) is 10.0. The monoisotopic (exact) mass is 446 g/mol. The molecule has 0 heterocycles. The maximum Gasteiger partial charge on any atom is 0.0554 e. The van der Waals surface area contributed by atoms with Gasteiger partial charge in [0.25, 0.3) is 0 Å². The molecule has 172 valence electrons. The first kappa shape index (κ1) is 24.5. The molecular formula is C24H30N8O. The second-order valence-electron chi connectivity index (χ2n) is 7.37. The molecule has 18 N–H and O–H groups in total. The number of hydrogen-bond acceptors (Lipinski definition) is 8. The maximum absolute atomic E-state index is 5.74. The molecule has 9 nitrogen and oxygen atoms in total. The van der Waals surface area contributed by atoms with Crippen LogP contribution in [-0.2, 0) is 0 Å². The minimum absolute atomic E-state index is 0. The Morgan fingerprint density at radius 2 is 0.455 bits per heavy atom. The van der Waals surface area contributed by atoms with Crippen LogP contribution in [0.3, 0.4) is 0 Å². The quantitative estimate of drug-likeness (QED) is 0.212. The van der Waals surface area contributed by atoms with E-state index in [0.29, 0.717) is 45.5 Å². The highest BCUT2D eigenvalue weighted by atomic mass is 16.0. The lowest BCUT2D eigenvalue weighted by atomic mass is 10.0. The summed E-state index contributed by atoms with van der Waals surface area (Å²) in [5.74, 6) is 0. The third-order valence-corrected chi connectivity index (χ3v) is 5.01. The zero-order valence-electron chi connectivity index (χ0n) is 18.0. The minimum atomic E-state index is 0. The Labute approximate surface area is 192 Å². The number of rotatable bonds is 2. The Balaban J connectivity index is 0.000000227. The van der Waals surface area contributed by atoms with Crippen molar-refractivity contribution in [1.82, 2.24) is 0 Å². The first-order chi connectivity index (χ1) is 15.2. The van der Waals surface area contributed by atoms with E-state index in [0.717, 1.165) is 22.3 Å². The molecule has 0 aliphatic rings. The highest BCUT2D eigenvalue weighted by molar-refractivity contribution is 5.80. The van der Waals surface area contributed by atoms with E-state index in [1.807, 2.05) is 48.5 Å². The number of benzene rings is 4. The summed E-state index contributed by atoms with van der Waals surface area (Å²) >= 11 is 0. The van der Waals surface area contributed by atoms with Crippen LogP contribution in [0.1, 0.15) is 0 Å². The van der Waals surface area contributed by atoms with Gasteiger partial charge in [-0.1, -0.05) is 24.3 Å². The molecule has 0 aliphatic heterocycles. The van der Waals surface area contributed by atoms with E-state index >= 15 is 0 Å². The Bertz CT molecular complexity index is 1080. The van der Waals surface area contributed by atoms with Gasteiger partial charge in [0.2, 0.25) is 0 Å². The summed E-state index contributed by atoms with van der Waals surface area (Å²) in [6.07, 6.45) is 0. The molecule has 9 heteroatoms. The second-order valence-corrected chi connectivity index (χ2v) is 7.37. The highest BCUT2D eigenvalue weighted by Gasteiger charge is 2.04. The lowest BCUT2D eigenvalue weighted by Crippen LogP contribution is -1.96. The summed E-state index contributed by atoms with van der Waals surface area (Å²) in [4.78, 5) is 0. The van der Waals surface area contributed by atoms with Crippen molar-refractivity contribution in [2.45, 2.75) is 0 Å². The largest absolute Gasteiger partial charge is 0.412 e. The van der Waals surface area contributed by atoms with E-state index in [2.05, 4.69) is 0 Å². The van der Waals surface area contributed by atoms with E-state index in [1.54, 1.807) is 24.3 Å². The van der Waals surface area contributed by atoms with Crippen LogP contribution in [0.25, 0.3) is 22.3 Å². The van der Waals surface area contributed by atoms with Gasteiger partial charge in [-0.15, -0.1) is 0 Å². The Kier molecular flexibility index (Phi) is 7.45. The van der Waals surface area contributed by atoms with Crippen LogP contribution in [0.2, 0.25) is 0 Å². The van der Waals surface area contributed by atoms with E-state index in [4.69, 9.17) is 45.9 Å². The van der Waals surface area contributed by atoms with E-state index in [1.165, 1.54) is 0 Å². The van der Waals surface area contributed by atoms with Gasteiger partial charge in [-0.25, -0.2) is 0 Å². The molecule has 0 atom stereocenters. The molecule has 4 rings (SSSR count). The van der Waals surface area contributed by atoms with Crippen LogP contribution >= 0.6 is 0 Å². The molecule has 33 heavy (non-hydrogen) atoms. The van der Waals surface area contributed by atoms with Crippen molar-refractivity contribution < 1.29 is 5.48 Å². The predicted octanol–water partition coefficient (Wildman–Crippen LogP) is 2.54. The van der Waals surface area contributed by atoms with E-state index in [-0.39, 0.29) is 5.48 Å². The molecule has 0 saturated heterocycles. The Morgan fingerprint density at radius 1 is 0.273 bits per heavy atom. The van der Waals surface area contributed by atoms with Gasteiger partial charge in [0.05, 0.1) is 45.5 Å². The maximum atomic E-state index is 5.74. The summed E-state index contributed by atoms with van der Waals surface area (Å²) in [5, 5.41) is 0. The van der Waals surface area contributed by atoms with Crippen LogP contribution in [0, 0.1) is 0 Å². The van der Waals surface area contributed by atoms with Gasteiger partial charge in [0.15, 0.2) is 0 Å². The summed E-state index contributed by atoms with van der Waals surface area (Å²) in [6.45, 7) is 0. The van der Waals surface area contributed by atoms with Crippen LogP contribution in [0.5, 0.6) is 0 Å². The van der Waals surface area contributed by atoms with Crippen LogP contribution in [0.4, 0.5) is 45.5 Å². The highest BCUT2D eigenvalue weighted by Crippen LogP contribution is 2.29. The summed E-state index contributed by atoms with van der Waals surface area (Å²) < 4.78 is 0. The smallest absolute Gasteiger partial charge is 0.0554 e. The molecule has 4 aromatic rings. The van der Waals surface area contributed by atoms with Crippen molar-refractivity contribution in [3.63, 3.8) is 0 Å². The molecular weight excluding hydrogens is 416 g/mol. The summed E-state index contributed by atoms with van der Waals surface area (Å²) in [5.41, 5.74) is 54.0. The summed E-state index contributed by atoms with van der Waals surface area (Å²) in [6, 6.07) is 22.0. The van der Waals surface area contributed by atoms with Crippen molar-refractivity contribution in [3.05, 3.63) is 72.8 Å². The lowest BCUT2D eigenvalue weighted by molar-refractivity contribution is 0.824. The molecule has 0 aromatic heterocycles. The fourth-order valence-electron chi connectivity index (χ4n) is 3.02. The molecule has 0 aliphatic carbocycles. The number of hydrogen-bond donors (Lipinski definition) is 8. The molecule has 0 unspecified atom stereocenters. The van der Waals surface area contributed by atoms with E-state index in [9.17, 15) is 0 Å². The molecule has 0 fully saturated rings. The number of nitrogens with two attached hydrogens (primary N) is 8.